The van der Waals surface area contributed by atoms with Gasteiger partial charge in [0.25, 0.3) is 0 Å². The molecule has 0 spiro atoms. The van der Waals surface area contributed by atoms with Gasteiger partial charge in [-0.2, -0.15) is 0 Å². The van der Waals surface area contributed by atoms with Gasteiger partial charge in [-0.25, -0.2) is 9.82 Å². The molecule has 1 saturated heterocycles. The second kappa shape index (κ2) is 6.13. The van der Waals surface area contributed by atoms with Gasteiger partial charge >= 0.3 is 0 Å². The van der Waals surface area contributed by atoms with Crippen molar-refractivity contribution in [3.63, 3.8) is 0 Å². The van der Waals surface area contributed by atoms with Crippen molar-refractivity contribution in [3.8, 4) is 0 Å². The molecule has 3 N–H and O–H groups in total. The molecule has 1 fully saturated rings. The number of nitrogens with one attached hydrogen (secondary N) is 1. The van der Waals surface area contributed by atoms with Gasteiger partial charge < -0.3 is 9.15 Å². The van der Waals surface area contributed by atoms with Crippen molar-refractivity contribution >= 4 is 11.0 Å². The Hall–Kier alpha value is -1.43. The van der Waals surface area contributed by atoms with E-state index >= 15 is 0 Å². The average Bonchev–Trinajstić information content (AvgIpc) is 2.83. The Labute approximate surface area is 123 Å². The Morgan fingerprint density at radius 2 is 2.14 bits per heavy atom. The van der Waals surface area contributed by atoms with Gasteiger partial charge in [0.15, 0.2) is 0 Å². The smallest absolute Gasteiger partial charge is 0.134 e. The molecule has 0 saturated carbocycles. The van der Waals surface area contributed by atoms with Crippen LogP contribution in [-0.4, -0.2) is 13.2 Å². The van der Waals surface area contributed by atoms with Crippen molar-refractivity contribution in [1.29, 1.82) is 0 Å². The molecule has 0 amide bonds. The van der Waals surface area contributed by atoms with Crippen molar-refractivity contribution in [3.05, 3.63) is 35.3 Å². The Morgan fingerprint density at radius 3 is 2.86 bits per heavy atom. The van der Waals surface area contributed by atoms with Crippen LogP contribution < -0.4 is 11.3 Å². The number of hydrazine groups is 1. The summed E-state index contributed by atoms with van der Waals surface area (Å²) in [7, 11) is 0. The third-order valence-corrected chi connectivity index (χ3v) is 4.36. The van der Waals surface area contributed by atoms with E-state index in [9.17, 15) is 4.39 Å². The lowest BCUT2D eigenvalue weighted by Crippen LogP contribution is -2.31. The van der Waals surface area contributed by atoms with Crippen LogP contribution in [0.5, 0.6) is 0 Å². The van der Waals surface area contributed by atoms with Crippen LogP contribution in [0.15, 0.2) is 22.6 Å². The Morgan fingerprint density at radius 1 is 1.38 bits per heavy atom. The number of halogens is 1. The van der Waals surface area contributed by atoms with Crippen LogP contribution in [0.3, 0.4) is 0 Å². The third kappa shape index (κ3) is 2.95. The monoisotopic (exact) mass is 292 g/mol. The number of hydrogen-bond acceptors (Lipinski definition) is 4. The Kier molecular flexibility index (Phi) is 4.24. The van der Waals surface area contributed by atoms with Crippen molar-refractivity contribution < 1.29 is 13.5 Å². The topological polar surface area (TPSA) is 60.4 Å². The second-order valence-corrected chi connectivity index (χ2v) is 5.74. The highest BCUT2D eigenvalue weighted by molar-refractivity contribution is 5.82. The lowest BCUT2D eigenvalue weighted by molar-refractivity contribution is 0.0597. The Bertz CT molecular complexity index is 620. The zero-order chi connectivity index (χ0) is 14.8. The molecule has 2 aromatic rings. The van der Waals surface area contributed by atoms with Crippen LogP contribution >= 0.6 is 0 Å². The Balaban J connectivity index is 1.87. The number of ether oxygens (including phenoxy) is 1. The molecular formula is C16H21FN2O2. The molecule has 21 heavy (non-hydrogen) atoms. The van der Waals surface area contributed by atoms with E-state index in [0.29, 0.717) is 11.5 Å². The van der Waals surface area contributed by atoms with E-state index < -0.39 is 0 Å². The zero-order valence-corrected chi connectivity index (χ0v) is 12.2. The molecule has 0 bridgehead atoms. The molecule has 2 heterocycles. The minimum Gasteiger partial charge on any atom is -0.459 e. The van der Waals surface area contributed by atoms with Gasteiger partial charge in [-0.15, -0.1) is 0 Å². The number of benzene rings is 1. The lowest BCUT2D eigenvalue weighted by Gasteiger charge is -2.25. The minimum atomic E-state index is -0.250. The van der Waals surface area contributed by atoms with Crippen molar-refractivity contribution in [2.75, 3.05) is 13.2 Å². The van der Waals surface area contributed by atoms with E-state index in [1.54, 1.807) is 6.07 Å². The SMILES string of the molecule is Cc1c(C(CC2CCOCC2)NN)oc2ccc(F)cc12. The highest BCUT2D eigenvalue weighted by Gasteiger charge is 2.24. The first-order chi connectivity index (χ1) is 10.2. The summed E-state index contributed by atoms with van der Waals surface area (Å²) in [4.78, 5) is 0. The first-order valence-corrected chi connectivity index (χ1v) is 7.41. The van der Waals surface area contributed by atoms with E-state index in [-0.39, 0.29) is 11.9 Å². The minimum absolute atomic E-state index is 0.0523. The summed E-state index contributed by atoms with van der Waals surface area (Å²) in [5.74, 6) is 6.86. The van der Waals surface area contributed by atoms with Crippen LogP contribution in [0, 0.1) is 18.7 Å². The fraction of sp³-hybridized carbons (Fsp3) is 0.500. The highest BCUT2D eigenvalue weighted by atomic mass is 19.1. The number of hydrogen-bond donors (Lipinski definition) is 2. The molecular weight excluding hydrogens is 271 g/mol. The summed E-state index contributed by atoms with van der Waals surface area (Å²) >= 11 is 0. The molecule has 5 heteroatoms. The molecule has 1 aliphatic heterocycles. The summed E-state index contributed by atoms with van der Waals surface area (Å²) in [6, 6.07) is 4.55. The van der Waals surface area contributed by atoms with Gasteiger partial charge in [-0.3, -0.25) is 5.84 Å². The van der Waals surface area contributed by atoms with E-state index in [0.717, 1.165) is 49.2 Å². The summed E-state index contributed by atoms with van der Waals surface area (Å²) < 4.78 is 24.7. The fourth-order valence-electron chi connectivity index (χ4n) is 3.11. The van der Waals surface area contributed by atoms with Crippen molar-refractivity contribution in [2.24, 2.45) is 11.8 Å². The maximum Gasteiger partial charge on any atom is 0.134 e. The quantitative estimate of drug-likeness (QED) is 0.671. The summed E-state index contributed by atoms with van der Waals surface area (Å²) in [5, 5.41) is 0.817. The molecule has 1 unspecified atom stereocenters. The summed E-state index contributed by atoms with van der Waals surface area (Å²) in [6.07, 6.45) is 3.00. The number of furan rings is 1. The maximum atomic E-state index is 13.4. The molecule has 1 atom stereocenters. The van der Waals surface area contributed by atoms with E-state index in [1.807, 2.05) is 6.92 Å². The molecule has 4 nitrogen and oxygen atoms in total. The number of rotatable bonds is 4. The van der Waals surface area contributed by atoms with Crippen LogP contribution in [0.2, 0.25) is 0 Å². The third-order valence-electron chi connectivity index (χ3n) is 4.36. The van der Waals surface area contributed by atoms with Crippen LogP contribution in [0.25, 0.3) is 11.0 Å². The van der Waals surface area contributed by atoms with Gasteiger partial charge in [-0.1, -0.05) is 0 Å². The summed E-state index contributed by atoms with van der Waals surface area (Å²) in [5.41, 5.74) is 4.52. The summed E-state index contributed by atoms with van der Waals surface area (Å²) in [6.45, 7) is 3.58. The molecule has 3 rings (SSSR count). The predicted octanol–water partition coefficient (Wildman–Crippen LogP) is 3.20. The number of aryl methyl sites for hydroxylation is 1. The van der Waals surface area contributed by atoms with Gasteiger partial charge in [0.2, 0.25) is 0 Å². The van der Waals surface area contributed by atoms with E-state index in [4.69, 9.17) is 15.0 Å². The van der Waals surface area contributed by atoms with Crippen molar-refractivity contribution in [1.82, 2.24) is 5.43 Å². The molecule has 1 aromatic heterocycles. The largest absolute Gasteiger partial charge is 0.459 e. The maximum absolute atomic E-state index is 13.4. The molecule has 1 aliphatic rings. The molecule has 114 valence electrons. The van der Waals surface area contributed by atoms with Gasteiger partial charge in [0.1, 0.15) is 17.2 Å². The van der Waals surface area contributed by atoms with Crippen LogP contribution in [0.4, 0.5) is 4.39 Å². The first kappa shape index (κ1) is 14.5. The first-order valence-electron chi connectivity index (χ1n) is 7.41. The molecule has 0 aliphatic carbocycles. The number of nitrogens with two attached hydrogens (primary N) is 1. The second-order valence-electron chi connectivity index (χ2n) is 5.74. The average molecular weight is 292 g/mol. The normalized spacial score (nSPS) is 18.2. The van der Waals surface area contributed by atoms with E-state index in [1.165, 1.54) is 12.1 Å². The van der Waals surface area contributed by atoms with Gasteiger partial charge in [0.05, 0.1) is 6.04 Å². The zero-order valence-electron chi connectivity index (χ0n) is 12.2. The van der Waals surface area contributed by atoms with Crippen LogP contribution in [0.1, 0.15) is 36.6 Å². The van der Waals surface area contributed by atoms with Crippen LogP contribution in [-0.2, 0) is 4.74 Å². The van der Waals surface area contributed by atoms with Gasteiger partial charge in [0, 0.05) is 24.2 Å². The van der Waals surface area contributed by atoms with Crippen molar-refractivity contribution in [2.45, 2.75) is 32.2 Å². The van der Waals surface area contributed by atoms with E-state index in [2.05, 4.69) is 5.43 Å². The molecule has 0 radical (unpaired) electrons. The van der Waals surface area contributed by atoms with Gasteiger partial charge in [-0.05, 0) is 50.3 Å². The highest BCUT2D eigenvalue weighted by Crippen LogP contribution is 2.34. The fourth-order valence-corrected chi connectivity index (χ4v) is 3.11. The lowest BCUT2D eigenvalue weighted by atomic mass is 9.91. The number of fused-ring (bicyclic) bond motifs is 1. The predicted molar refractivity (Wildman–Crippen MR) is 79.1 cm³/mol. The standard InChI is InChI=1S/C16H21FN2O2/c1-10-13-9-12(17)2-3-15(13)21-16(10)14(19-18)8-11-4-6-20-7-5-11/h2-3,9,11,14,19H,4-8,18H2,1H3. The molecule has 1 aromatic carbocycles.